The van der Waals surface area contributed by atoms with Gasteiger partial charge in [0.2, 0.25) is 0 Å². The van der Waals surface area contributed by atoms with E-state index in [-0.39, 0.29) is 5.97 Å². The number of rotatable bonds is 8. The Labute approximate surface area is 91.3 Å². The van der Waals surface area contributed by atoms with Crippen LogP contribution in [0.2, 0.25) is 0 Å². The van der Waals surface area contributed by atoms with Crippen molar-refractivity contribution in [3.8, 4) is 0 Å². The van der Waals surface area contributed by atoms with Gasteiger partial charge in [0.15, 0.2) is 0 Å². The molecule has 0 fully saturated rings. The molecule has 0 aromatic heterocycles. The standard InChI is InChI=1S/C11H19ClO2/c1-10(2)6-4-3-5-7-11(13)14-9-8-12/h1,3-9H2,2H3. The van der Waals surface area contributed by atoms with Gasteiger partial charge in [-0.25, -0.2) is 0 Å². The van der Waals surface area contributed by atoms with E-state index in [2.05, 4.69) is 6.58 Å². The maximum absolute atomic E-state index is 11.0. The summed E-state index contributed by atoms with van der Waals surface area (Å²) in [5.74, 6) is 0.238. The zero-order valence-electron chi connectivity index (χ0n) is 8.85. The number of carbonyl (C=O) groups is 1. The number of alkyl halides is 1. The number of hydrogen-bond acceptors (Lipinski definition) is 2. The zero-order chi connectivity index (χ0) is 10.8. The summed E-state index contributed by atoms with van der Waals surface area (Å²) in [6, 6.07) is 0. The van der Waals surface area contributed by atoms with E-state index in [9.17, 15) is 4.79 Å². The number of hydrogen-bond donors (Lipinski definition) is 0. The second kappa shape index (κ2) is 9.07. The molecule has 0 N–H and O–H groups in total. The lowest BCUT2D eigenvalue weighted by atomic mass is 10.1. The fourth-order valence-electron chi connectivity index (χ4n) is 1.10. The van der Waals surface area contributed by atoms with Crippen LogP contribution in [0.1, 0.15) is 39.0 Å². The lowest BCUT2D eigenvalue weighted by Gasteiger charge is -2.02. The second-order valence-electron chi connectivity index (χ2n) is 3.43. The van der Waals surface area contributed by atoms with Crippen molar-refractivity contribution in [1.82, 2.24) is 0 Å². The first-order chi connectivity index (χ1) is 6.66. The molecule has 82 valence electrons. The van der Waals surface area contributed by atoms with Crippen molar-refractivity contribution in [1.29, 1.82) is 0 Å². The highest BCUT2D eigenvalue weighted by atomic mass is 35.5. The van der Waals surface area contributed by atoms with Crippen LogP contribution in [0.15, 0.2) is 12.2 Å². The van der Waals surface area contributed by atoms with Gasteiger partial charge >= 0.3 is 5.97 Å². The molecular weight excluding hydrogens is 200 g/mol. The lowest BCUT2D eigenvalue weighted by molar-refractivity contribution is -0.143. The predicted octanol–water partition coefficient (Wildman–Crippen LogP) is 3.30. The molecule has 0 aromatic rings. The van der Waals surface area contributed by atoms with Crippen molar-refractivity contribution < 1.29 is 9.53 Å². The molecule has 0 amide bonds. The van der Waals surface area contributed by atoms with E-state index in [4.69, 9.17) is 16.3 Å². The lowest BCUT2D eigenvalue weighted by Crippen LogP contribution is -2.06. The van der Waals surface area contributed by atoms with Crippen molar-refractivity contribution in [2.24, 2.45) is 0 Å². The van der Waals surface area contributed by atoms with E-state index in [1.807, 2.05) is 6.92 Å². The molecule has 0 spiro atoms. The van der Waals surface area contributed by atoms with Crippen LogP contribution in [0.4, 0.5) is 0 Å². The largest absolute Gasteiger partial charge is 0.464 e. The molecule has 2 nitrogen and oxygen atoms in total. The van der Waals surface area contributed by atoms with E-state index in [0.29, 0.717) is 18.9 Å². The molecule has 0 radical (unpaired) electrons. The monoisotopic (exact) mass is 218 g/mol. The van der Waals surface area contributed by atoms with E-state index in [1.165, 1.54) is 5.57 Å². The zero-order valence-corrected chi connectivity index (χ0v) is 9.61. The average molecular weight is 219 g/mol. The van der Waals surface area contributed by atoms with Gasteiger partial charge in [0, 0.05) is 6.42 Å². The summed E-state index contributed by atoms with van der Waals surface area (Å²) >= 11 is 5.38. The molecule has 0 aromatic carbocycles. The number of unbranched alkanes of at least 4 members (excludes halogenated alkanes) is 2. The van der Waals surface area contributed by atoms with Gasteiger partial charge in [-0.15, -0.1) is 18.2 Å². The summed E-state index contributed by atoms with van der Waals surface area (Å²) < 4.78 is 4.83. The summed E-state index contributed by atoms with van der Waals surface area (Å²) in [6.45, 7) is 6.17. The molecule has 0 saturated carbocycles. The summed E-state index contributed by atoms with van der Waals surface area (Å²) in [7, 11) is 0. The average Bonchev–Trinajstić information content (AvgIpc) is 2.13. The summed E-state index contributed by atoms with van der Waals surface area (Å²) in [5, 5.41) is 0. The van der Waals surface area contributed by atoms with Crippen LogP contribution in [0.25, 0.3) is 0 Å². The quantitative estimate of drug-likeness (QED) is 0.271. The Balaban J connectivity index is 3.19. The van der Waals surface area contributed by atoms with Gasteiger partial charge in [-0.05, 0) is 26.2 Å². The van der Waals surface area contributed by atoms with Crippen molar-refractivity contribution in [2.75, 3.05) is 12.5 Å². The minimum Gasteiger partial charge on any atom is -0.464 e. The molecule has 0 rings (SSSR count). The van der Waals surface area contributed by atoms with Gasteiger partial charge in [-0.3, -0.25) is 4.79 Å². The molecule has 0 heterocycles. The Morgan fingerprint density at radius 1 is 1.29 bits per heavy atom. The number of esters is 1. The Bertz CT molecular complexity index is 178. The Hall–Kier alpha value is -0.500. The third kappa shape index (κ3) is 9.59. The molecule has 0 saturated heterocycles. The van der Waals surface area contributed by atoms with Crippen molar-refractivity contribution in [3.05, 3.63) is 12.2 Å². The molecule has 0 aliphatic rings. The van der Waals surface area contributed by atoms with Crippen LogP contribution in [-0.4, -0.2) is 18.5 Å². The summed E-state index contributed by atoms with van der Waals surface area (Å²) in [6.07, 6.45) is 4.62. The Morgan fingerprint density at radius 2 is 1.93 bits per heavy atom. The summed E-state index contributed by atoms with van der Waals surface area (Å²) in [4.78, 5) is 11.0. The first-order valence-corrected chi connectivity index (χ1v) is 5.56. The minimum absolute atomic E-state index is 0.138. The maximum Gasteiger partial charge on any atom is 0.305 e. The van der Waals surface area contributed by atoms with Gasteiger partial charge in [0.25, 0.3) is 0 Å². The smallest absolute Gasteiger partial charge is 0.305 e. The third-order valence-electron chi connectivity index (χ3n) is 1.82. The van der Waals surface area contributed by atoms with Gasteiger partial charge in [-0.1, -0.05) is 12.0 Å². The SMILES string of the molecule is C=C(C)CCCCCC(=O)OCCCl. The van der Waals surface area contributed by atoms with E-state index < -0.39 is 0 Å². The maximum atomic E-state index is 11.0. The van der Waals surface area contributed by atoms with Crippen molar-refractivity contribution >= 4 is 17.6 Å². The fourth-order valence-corrected chi connectivity index (χ4v) is 1.17. The Morgan fingerprint density at radius 3 is 2.50 bits per heavy atom. The van der Waals surface area contributed by atoms with Crippen molar-refractivity contribution in [2.45, 2.75) is 39.0 Å². The van der Waals surface area contributed by atoms with Gasteiger partial charge in [-0.2, -0.15) is 0 Å². The molecule has 0 aliphatic carbocycles. The molecule has 0 atom stereocenters. The highest BCUT2D eigenvalue weighted by Crippen LogP contribution is 2.08. The number of halogens is 1. The number of carbonyl (C=O) groups excluding carboxylic acids is 1. The van der Waals surface area contributed by atoms with E-state index in [0.717, 1.165) is 25.7 Å². The molecule has 14 heavy (non-hydrogen) atoms. The fraction of sp³-hybridized carbons (Fsp3) is 0.727. The Kier molecular flexibility index (Phi) is 8.75. The second-order valence-corrected chi connectivity index (χ2v) is 3.81. The topological polar surface area (TPSA) is 26.3 Å². The van der Waals surface area contributed by atoms with Gasteiger partial charge < -0.3 is 4.74 Å². The van der Waals surface area contributed by atoms with Crippen LogP contribution >= 0.6 is 11.6 Å². The van der Waals surface area contributed by atoms with Crippen LogP contribution in [-0.2, 0) is 9.53 Å². The number of ether oxygens (including phenoxy) is 1. The highest BCUT2D eigenvalue weighted by Gasteiger charge is 2.01. The molecule has 0 aliphatic heterocycles. The first kappa shape index (κ1) is 13.5. The normalized spacial score (nSPS) is 9.86. The molecular formula is C11H19ClO2. The predicted molar refractivity (Wildman–Crippen MR) is 59.6 cm³/mol. The highest BCUT2D eigenvalue weighted by molar-refractivity contribution is 6.18. The molecule has 0 bridgehead atoms. The minimum atomic E-state index is -0.138. The summed E-state index contributed by atoms with van der Waals surface area (Å²) in [5.41, 5.74) is 1.20. The third-order valence-corrected chi connectivity index (χ3v) is 1.98. The van der Waals surface area contributed by atoms with Crippen LogP contribution < -0.4 is 0 Å². The van der Waals surface area contributed by atoms with Crippen LogP contribution in [0, 0.1) is 0 Å². The molecule has 0 unspecified atom stereocenters. The van der Waals surface area contributed by atoms with Gasteiger partial charge in [0.05, 0.1) is 5.88 Å². The molecule has 3 heteroatoms. The van der Waals surface area contributed by atoms with E-state index >= 15 is 0 Å². The first-order valence-electron chi connectivity index (χ1n) is 5.02. The van der Waals surface area contributed by atoms with Crippen LogP contribution in [0.3, 0.4) is 0 Å². The van der Waals surface area contributed by atoms with Crippen molar-refractivity contribution in [3.63, 3.8) is 0 Å². The van der Waals surface area contributed by atoms with E-state index in [1.54, 1.807) is 0 Å². The van der Waals surface area contributed by atoms with Gasteiger partial charge in [0.1, 0.15) is 6.61 Å². The van der Waals surface area contributed by atoms with Crippen LogP contribution in [0.5, 0.6) is 0 Å². The number of allylic oxidation sites excluding steroid dienone is 1.